The first-order valence-electron chi connectivity index (χ1n) is 4.08. The fraction of sp³-hybridized carbons (Fsp3) is 0.100. The molecule has 1 heterocycles. The molecule has 2 nitrogen and oxygen atoms in total. The van der Waals surface area contributed by atoms with E-state index in [-0.39, 0.29) is 0 Å². The molecule has 2 rings (SSSR count). The normalized spacial score (nSPS) is 10.3. The van der Waals surface area contributed by atoms with Crippen LogP contribution in [-0.2, 0) is 6.42 Å². The molecular formula is C10H8N2S2. The van der Waals surface area contributed by atoms with Gasteiger partial charge in [0, 0.05) is 26.0 Å². The summed E-state index contributed by atoms with van der Waals surface area (Å²) in [6, 6.07) is 5.89. The van der Waals surface area contributed by atoms with Gasteiger partial charge in [-0.2, -0.15) is 5.26 Å². The van der Waals surface area contributed by atoms with Crippen LogP contribution in [0.4, 0.5) is 5.69 Å². The van der Waals surface area contributed by atoms with Crippen LogP contribution in [0.2, 0.25) is 0 Å². The molecule has 0 radical (unpaired) electrons. The Morgan fingerprint density at radius 1 is 1.50 bits per heavy atom. The zero-order chi connectivity index (χ0) is 10.1. The molecule has 70 valence electrons. The fourth-order valence-electron chi connectivity index (χ4n) is 1.44. The third kappa shape index (κ3) is 1.45. The molecule has 0 fully saturated rings. The number of hydrogen-bond acceptors (Lipinski definition) is 4. The highest BCUT2D eigenvalue weighted by atomic mass is 32.1. The van der Waals surface area contributed by atoms with E-state index in [9.17, 15) is 0 Å². The molecule has 0 aliphatic heterocycles. The van der Waals surface area contributed by atoms with Crippen molar-refractivity contribution in [1.29, 1.82) is 5.26 Å². The van der Waals surface area contributed by atoms with E-state index in [1.807, 2.05) is 17.5 Å². The number of nitrogens with two attached hydrogens (primary N) is 1. The van der Waals surface area contributed by atoms with E-state index in [0.29, 0.717) is 12.1 Å². The molecule has 0 aliphatic carbocycles. The monoisotopic (exact) mass is 220 g/mol. The smallest absolute Gasteiger partial charge is 0.0670 e. The van der Waals surface area contributed by atoms with Gasteiger partial charge < -0.3 is 5.73 Å². The van der Waals surface area contributed by atoms with Crippen LogP contribution in [-0.4, -0.2) is 0 Å². The predicted octanol–water partition coefficient (Wildman–Crippen LogP) is 2.84. The van der Waals surface area contributed by atoms with Crippen molar-refractivity contribution in [3.05, 3.63) is 23.1 Å². The van der Waals surface area contributed by atoms with Crippen LogP contribution in [0.1, 0.15) is 5.56 Å². The van der Waals surface area contributed by atoms with Crippen molar-refractivity contribution < 1.29 is 0 Å². The summed E-state index contributed by atoms with van der Waals surface area (Å²) in [6.45, 7) is 0. The summed E-state index contributed by atoms with van der Waals surface area (Å²) in [4.78, 5) is 0.927. The Hall–Kier alpha value is -1.18. The molecule has 14 heavy (non-hydrogen) atoms. The van der Waals surface area contributed by atoms with Gasteiger partial charge in [0.15, 0.2) is 0 Å². The molecule has 0 saturated carbocycles. The molecule has 0 amide bonds. The van der Waals surface area contributed by atoms with Crippen molar-refractivity contribution in [1.82, 2.24) is 0 Å². The summed E-state index contributed by atoms with van der Waals surface area (Å²) in [5.41, 5.74) is 7.43. The lowest BCUT2D eigenvalue weighted by Gasteiger charge is -2.00. The summed E-state index contributed by atoms with van der Waals surface area (Å²) >= 11 is 5.94. The second-order valence-electron chi connectivity index (χ2n) is 3.01. The van der Waals surface area contributed by atoms with Crippen molar-refractivity contribution in [2.45, 2.75) is 11.3 Å². The Morgan fingerprint density at radius 3 is 3.00 bits per heavy atom. The topological polar surface area (TPSA) is 49.8 Å². The van der Waals surface area contributed by atoms with E-state index in [4.69, 9.17) is 11.0 Å². The van der Waals surface area contributed by atoms with E-state index < -0.39 is 0 Å². The lowest BCUT2D eigenvalue weighted by molar-refractivity contribution is 1.29. The van der Waals surface area contributed by atoms with Crippen LogP contribution in [0.5, 0.6) is 0 Å². The summed E-state index contributed by atoms with van der Waals surface area (Å²) in [6.07, 6.45) is 0.398. The average molecular weight is 220 g/mol. The summed E-state index contributed by atoms with van der Waals surface area (Å²) in [5, 5.41) is 11.7. The third-order valence-corrected chi connectivity index (χ3v) is 3.64. The van der Waals surface area contributed by atoms with E-state index in [1.165, 1.54) is 0 Å². The van der Waals surface area contributed by atoms with Gasteiger partial charge in [-0.3, -0.25) is 0 Å². The highest BCUT2D eigenvalue weighted by Gasteiger charge is 2.07. The Labute approximate surface area is 91.4 Å². The molecule has 1 aromatic heterocycles. The number of fused-ring (bicyclic) bond motifs is 1. The highest BCUT2D eigenvalue weighted by Crippen LogP contribution is 2.33. The maximum absolute atomic E-state index is 8.67. The average Bonchev–Trinajstić information content (AvgIpc) is 2.49. The third-order valence-electron chi connectivity index (χ3n) is 2.02. The molecule has 0 unspecified atom stereocenters. The maximum Gasteiger partial charge on any atom is 0.0670 e. The van der Waals surface area contributed by atoms with Crippen LogP contribution in [0.25, 0.3) is 10.1 Å². The van der Waals surface area contributed by atoms with Crippen molar-refractivity contribution in [2.24, 2.45) is 0 Å². The van der Waals surface area contributed by atoms with Crippen LogP contribution >= 0.6 is 24.0 Å². The lowest BCUT2D eigenvalue weighted by Crippen LogP contribution is -1.88. The van der Waals surface area contributed by atoms with Gasteiger partial charge in [0.1, 0.15) is 0 Å². The van der Waals surface area contributed by atoms with Crippen molar-refractivity contribution >= 4 is 39.7 Å². The number of thiol groups is 1. The van der Waals surface area contributed by atoms with E-state index in [2.05, 4.69) is 18.7 Å². The van der Waals surface area contributed by atoms with Crippen LogP contribution in [0, 0.1) is 11.3 Å². The van der Waals surface area contributed by atoms with Gasteiger partial charge in [0.25, 0.3) is 0 Å². The fourth-order valence-corrected chi connectivity index (χ4v) is 2.78. The summed E-state index contributed by atoms with van der Waals surface area (Å²) in [5.74, 6) is 0. The van der Waals surface area contributed by atoms with Crippen molar-refractivity contribution in [2.75, 3.05) is 5.73 Å². The molecule has 0 aliphatic rings. The minimum Gasteiger partial charge on any atom is -0.399 e. The highest BCUT2D eigenvalue weighted by molar-refractivity contribution is 7.80. The molecule has 1 aromatic carbocycles. The number of hydrogen-bond donors (Lipinski definition) is 2. The maximum atomic E-state index is 8.67. The first-order chi connectivity index (χ1) is 6.72. The quantitative estimate of drug-likeness (QED) is 0.573. The number of nitrogen functional groups attached to an aromatic ring is 1. The molecule has 0 saturated heterocycles. The second-order valence-corrected chi connectivity index (χ2v) is 4.37. The SMILES string of the molecule is N#CCc1cc(N)cc2c(S)csc12. The predicted molar refractivity (Wildman–Crippen MR) is 62.8 cm³/mol. The number of nitriles is 1. The molecule has 2 N–H and O–H groups in total. The van der Waals surface area contributed by atoms with Crippen LogP contribution in [0.15, 0.2) is 22.4 Å². The minimum atomic E-state index is 0.398. The number of anilines is 1. The van der Waals surface area contributed by atoms with Crippen molar-refractivity contribution in [3.63, 3.8) is 0 Å². The van der Waals surface area contributed by atoms with Gasteiger partial charge in [-0.15, -0.1) is 24.0 Å². The second kappa shape index (κ2) is 3.52. The standard InChI is InChI=1S/C10H8N2S2/c11-2-1-6-3-7(12)4-8-9(13)5-14-10(6)8/h3-5,13H,1,12H2. The summed E-state index contributed by atoms with van der Waals surface area (Å²) < 4.78 is 1.12. The van der Waals surface area contributed by atoms with Crippen LogP contribution < -0.4 is 5.73 Å². The van der Waals surface area contributed by atoms with Gasteiger partial charge in [-0.05, 0) is 17.7 Å². The van der Waals surface area contributed by atoms with Crippen LogP contribution in [0.3, 0.4) is 0 Å². The Kier molecular flexibility index (Phi) is 2.36. The van der Waals surface area contributed by atoms with Gasteiger partial charge in [-0.1, -0.05) is 0 Å². The zero-order valence-corrected chi connectivity index (χ0v) is 9.03. The Morgan fingerprint density at radius 2 is 2.29 bits per heavy atom. The lowest BCUT2D eigenvalue weighted by atomic mass is 10.1. The molecule has 2 aromatic rings. The number of rotatable bonds is 1. The number of nitrogens with zero attached hydrogens (tertiary/aromatic N) is 1. The minimum absolute atomic E-state index is 0.398. The largest absolute Gasteiger partial charge is 0.399 e. The van der Waals surface area contributed by atoms with E-state index in [1.54, 1.807) is 11.3 Å². The molecule has 4 heteroatoms. The first-order valence-corrected chi connectivity index (χ1v) is 5.40. The van der Waals surface area contributed by atoms with E-state index >= 15 is 0 Å². The number of benzene rings is 1. The van der Waals surface area contributed by atoms with Gasteiger partial charge in [0.2, 0.25) is 0 Å². The molecule has 0 bridgehead atoms. The van der Waals surface area contributed by atoms with Crippen molar-refractivity contribution in [3.8, 4) is 6.07 Å². The molecular weight excluding hydrogens is 212 g/mol. The first kappa shape index (κ1) is 9.38. The summed E-state index contributed by atoms with van der Waals surface area (Å²) in [7, 11) is 0. The Bertz CT molecular complexity index is 523. The van der Waals surface area contributed by atoms with Gasteiger partial charge >= 0.3 is 0 Å². The molecule has 0 atom stereocenters. The van der Waals surface area contributed by atoms with E-state index in [0.717, 1.165) is 20.5 Å². The molecule has 0 spiro atoms. The Balaban J connectivity index is 2.76. The van der Waals surface area contributed by atoms with Gasteiger partial charge in [-0.25, -0.2) is 0 Å². The zero-order valence-electron chi connectivity index (χ0n) is 7.32. The van der Waals surface area contributed by atoms with Gasteiger partial charge in [0.05, 0.1) is 12.5 Å². The number of thiophene rings is 1.